The van der Waals surface area contributed by atoms with Crippen LogP contribution in [-0.2, 0) is 0 Å². The summed E-state index contributed by atoms with van der Waals surface area (Å²) in [6.45, 7) is 3.79. The molecule has 106 valence electrons. The molecular weight excluding hydrogens is 260 g/mol. The molecule has 0 aliphatic rings. The first-order chi connectivity index (χ1) is 9.51. The minimum absolute atomic E-state index is 0.0691. The van der Waals surface area contributed by atoms with Crippen LogP contribution >= 0.6 is 0 Å². The quantitative estimate of drug-likeness (QED) is 0.665. The number of ether oxygens (including phenoxy) is 1. The molecule has 1 aromatic heterocycles. The number of aryl methyl sites for hydroxylation is 1. The molecular formula is C14H16N2O4. The van der Waals surface area contributed by atoms with Gasteiger partial charge < -0.3 is 14.5 Å². The van der Waals surface area contributed by atoms with E-state index in [4.69, 9.17) is 9.15 Å². The van der Waals surface area contributed by atoms with Gasteiger partial charge in [-0.25, -0.2) is 0 Å². The lowest BCUT2D eigenvalue weighted by Gasteiger charge is -2.13. The summed E-state index contributed by atoms with van der Waals surface area (Å²) in [5.74, 6) is 1.84. The van der Waals surface area contributed by atoms with Gasteiger partial charge in [-0.3, -0.25) is 10.1 Å². The van der Waals surface area contributed by atoms with Gasteiger partial charge in [0.05, 0.1) is 18.1 Å². The topological polar surface area (TPSA) is 77.5 Å². The summed E-state index contributed by atoms with van der Waals surface area (Å²) in [4.78, 5) is 10.5. The minimum Gasteiger partial charge on any atom is -0.490 e. The number of methoxy groups -OCH3 is 1. The molecule has 6 nitrogen and oxygen atoms in total. The molecule has 0 spiro atoms. The molecule has 2 rings (SSSR count). The van der Waals surface area contributed by atoms with Crippen LogP contribution in [0.15, 0.2) is 34.7 Å². The standard InChI is InChI=1S/C14H16N2O4/c1-9-4-6-13(20-9)10(2)15-11-5-7-14(19-3)12(8-11)16(17)18/h4-8,10,15H,1-3H3. The minimum atomic E-state index is -0.467. The maximum absolute atomic E-state index is 11.0. The van der Waals surface area contributed by atoms with Gasteiger partial charge in [0.15, 0.2) is 5.75 Å². The predicted octanol–water partition coefficient (Wildman–Crippen LogP) is 3.68. The van der Waals surface area contributed by atoms with Crippen LogP contribution in [0.2, 0.25) is 0 Å². The summed E-state index contributed by atoms with van der Waals surface area (Å²) in [6.07, 6.45) is 0. The fraction of sp³-hybridized carbons (Fsp3) is 0.286. The first-order valence-corrected chi connectivity index (χ1v) is 6.16. The molecule has 1 unspecified atom stereocenters. The van der Waals surface area contributed by atoms with Crippen LogP contribution in [0, 0.1) is 17.0 Å². The fourth-order valence-corrected chi connectivity index (χ4v) is 1.93. The zero-order valence-electron chi connectivity index (χ0n) is 11.5. The van der Waals surface area contributed by atoms with E-state index in [0.29, 0.717) is 5.69 Å². The Bertz CT molecular complexity index is 621. The van der Waals surface area contributed by atoms with E-state index in [2.05, 4.69) is 5.32 Å². The zero-order chi connectivity index (χ0) is 14.7. The van der Waals surface area contributed by atoms with Crippen molar-refractivity contribution in [3.05, 3.63) is 52.0 Å². The summed E-state index contributed by atoms with van der Waals surface area (Å²) in [6, 6.07) is 8.43. The molecule has 1 heterocycles. The maximum Gasteiger partial charge on any atom is 0.312 e. The van der Waals surface area contributed by atoms with E-state index < -0.39 is 4.92 Å². The number of nitrogens with zero attached hydrogens (tertiary/aromatic N) is 1. The summed E-state index contributed by atoms with van der Waals surface area (Å²) < 4.78 is 10.5. The molecule has 0 saturated carbocycles. The predicted molar refractivity (Wildman–Crippen MR) is 75.1 cm³/mol. The van der Waals surface area contributed by atoms with E-state index >= 15 is 0 Å². The molecule has 0 radical (unpaired) electrons. The highest BCUT2D eigenvalue weighted by atomic mass is 16.6. The van der Waals surface area contributed by atoms with Crippen LogP contribution in [0.25, 0.3) is 0 Å². The lowest BCUT2D eigenvalue weighted by atomic mass is 10.2. The molecule has 0 saturated heterocycles. The van der Waals surface area contributed by atoms with E-state index in [1.54, 1.807) is 12.1 Å². The van der Waals surface area contributed by atoms with Gasteiger partial charge in [-0.15, -0.1) is 0 Å². The number of nitro benzene ring substituents is 1. The van der Waals surface area contributed by atoms with E-state index in [-0.39, 0.29) is 17.5 Å². The molecule has 1 N–H and O–H groups in total. The molecule has 0 fully saturated rings. The van der Waals surface area contributed by atoms with Crippen LogP contribution in [0.5, 0.6) is 5.75 Å². The van der Waals surface area contributed by atoms with Crippen LogP contribution in [0.1, 0.15) is 24.5 Å². The average molecular weight is 276 g/mol. The Balaban J connectivity index is 2.21. The van der Waals surface area contributed by atoms with Crippen LogP contribution < -0.4 is 10.1 Å². The SMILES string of the molecule is COc1ccc(NC(C)c2ccc(C)o2)cc1[N+](=O)[O-]. The van der Waals surface area contributed by atoms with Gasteiger partial charge in [0, 0.05) is 11.8 Å². The van der Waals surface area contributed by atoms with Gasteiger partial charge in [0.25, 0.3) is 0 Å². The number of nitrogens with one attached hydrogen (secondary N) is 1. The summed E-state index contributed by atoms with van der Waals surface area (Å²) in [7, 11) is 1.41. The van der Waals surface area contributed by atoms with Crippen molar-refractivity contribution in [2.75, 3.05) is 12.4 Å². The Morgan fingerprint density at radius 2 is 2.10 bits per heavy atom. The van der Waals surface area contributed by atoms with Crippen molar-refractivity contribution >= 4 is 11.4 Å². The van der Waals surface area contributed by atoms with E-state index in [1.165, 1.54) is 13.2 Å². The van der Waals surface area contributed by atoms with Crippen molar-refractivity contribution in [3.63, 3.8) is 0 Å². The average Bonchev–Trinajstić information content (AvgIpc) is 2.85. The molecule has 2 aromatic rings. The van der Waals surface area contributed by atoms with Gasteiger partial charge in [0.2, 0.25) is 0 Å². The zero-order valence-corrected chi connectivity index (χ0v) is 11.5. The van der Waals surface area contributed by atoms with Crippen molar-refractivity contribution in [1.82, 2.24) is 0 Å². The molecule has 0 aliphatic carbocycles. The highest BCUT2D eigenvalue weighted by Gasteiger charge is 2.17. The van der Waals surface area contributed by atoms with Gasteiger partial charge >= 0.3 is 5.69 Å². The van der Waals surface area contributed by atoms with Gasteiger partial charge in [0.1, 0.15) is 11.5 Å². The van der Waals surface area contributed by atoms with Gasteiger partial charge in [-0.05, 0) is 38.1 Å². The van der Waals surface area contributed by atoms with E-state index in [0.717, 1.165) is 11.5 Å². The number of hydrogen-bond donors (Lipinski definition) is 1. The third-order valence-electron chi connectivity index (χ3n) is 2.95. The van der Waals surface area contributed by atoms with Crippen LogP contribution in [-0.4, -0.2) is 12.0 Å². The van der Waals surface area contributed by atoms with Crippen molar-refractivity contribution < 1.29 is 14.1 Å². The normalized spacial score (nSPS) is 11.9. The third-order valence-corrected chi connectivity index (χ3v) is 2.95. The number of rotatable bonds is 5. The highest BCUT2D eigenvalue weighted by Crippen LogP contribution is 2.31. The first-order valence-electron chi connectivity index (χ1n) is 6.16. The van der Waals surface area contributed by atoms with Gasteiger partial charge in [-0.1, -0.05) is 0 Å². The van der Waals surface area contributed by atoms with E-state index in [1.807, 2.05) is 26.0 Å². The lowest BCUT2D eigenvalue weighted by Crippen LogP contribution is -2.06. The van der Waals surface area contributed by atoms with Gasteiger partial charge in [-0.2, -0.15) is 0 Å². The molecule has 1 aromatic carbocycles. The van der Waals surface area contributed by atoms with Crippen molar-refractivity contribution in [2.45, 2.75) is 19.9 Å². The number of benzene rings is 1. The Labute approximate surface area is 116 Å². The Morgan fingerprint density at radius 1 is 1.35 bits per heavy atom. The molecule has 1 atom stereocenters. The Kier molecular flexibility index (Phi) is 3.93. The smallest absolute Gasteiger partial charge is 0.312 e. The van der Waals surface area contributed by atoms with Crippen molar-refractivity contribution in [1.29, 1.82) is 0 Å². The molecule has 0 aliphatic heterocycles. The van der Waals surface area contributed by atoms with E-state index in [9.17, 15) is 10.1 Å². The van der Waals surface area contributed by atoms with Crippen molar-refractivity contribution in [3.8, 4) is 5.75 Å². The number of nitro groups is 1. The number of hydrogen-bond acceptors (Lipinski definition) is 5. The third kappa shape index (κ3) is 2.90. The lowest BCUT2D eigenvalue weighted by molar-refractivity contribution is -0.385. The second-order valence-electron chi connectivity index (χ2n) is 4.46. The van der Waals surface area contributed by atoms with Crippen LogP contribution in [0.3, 0.4) is 0 Å². The maximum atomic E-state index is 11.0. The Hall–Kier alpha value is -2.50. The number of furan rings is 1. The van der Waals surface area contributed by atoms with Crippen LogP contribution in [0.4, 0.5) is 11.4 Å². The molecule has 0 amide bonds. The monoisotopic (exact) mass is 276 g/mol. The second-order valence-corrected chi connectivity index (χ2v) is 4.46. The first kappa shape index (κ1) is 13.9. The Morgan fingerprint density at radius 3 is 2.65 bits per heavy atom. The van der Waals surface area contributed by atoms with Crippen molar-refractivity contribution in [2.24, 2.45) is 0 Å². The largest absolute Gasteiger partial charge is 0.490 e. The molecule has 0 bridgehead atoms. The fourth-order valence-electron chi connectivity index (χ4n) is 1.93. The second kappa shape index (κ2) is 5.64. The number of anilines is 1. The summed E-state index contributed by atoms with van der Waals surface area (Å²) in [5, 5.41) is 14.1. The summed E-state index contributed by atoms with van der Waals surface area (Å²) in [5.41, 5.74) is 0.569. The summed E-state index contributed by atoms with van der Waals surface area (Å²) >= 11 is 0. The molecule has 6 heteroatoms. The highest BCUT2D eigenvalue weighted by molar-refractivity contribution is 5.59. The molecule has 20 heavy (non-hydrogen) atoms.